The summed E-state index contributed by atoms with van der Waals surface area (Å²) in [5, 5.41) is 8.88. The van der Waals surface area contributed by atoms with Gasteiger partial charge in [0.05, 0.1) is 13.2 Å². The van der Waals surface area contributed by atoms with Crippen LogP contribution in [0, 0.1) is 0 Å². The van der Waals surface area contributed by atoms with Gasteiger partial charge in [0.1, 0.15) is 5.75 Å². The molecule has 0 aliphatic carbocycles. The van der Waals surface area contributed by atoms with Crippen molar-refractivity contribution < 1.29 is 14.3 Å². The summed E-state index contributed by atoms with van der Waals surface area (Å²) in [6.07, 6.45) is 3.16. The second-order valence-corrected chi connectivity index (χ2v) is 9.10. The number of methoxy groups -OCH3 is 1. The Bertz CT molecular complexity index is 937. The SMILES string of the molecule is CCC(C)(C)NC(=O)c1ccc(NC(=O)NCC(c2ccccc2OC)N2CCCC2)cc1. The molecule has 33 heavy (non-hydrogen) atoms. The highest BCUT2D eigenvalue weighted by Crippen LogP contribution is 2.31. The van der Waals surface area contributed by atoms with Gasteiger partial charge in [0.25, 0.3) is 5.91 Å². The average Bonchev–Trinajstić information content (AvgIpc) is 3.34. The van der Waals surface area contributed by atoms with Gasteiger partial charge in [-0.1, -0.05) is 25.1 Å². The summed E-state index contributed by atoms with van der Waals surface area (Å²) in [5.41, 5.74) is 2.01. The largest absolute Gasteiger partial charge is 0.496 e. The smallest absolute Gasteiger partial charge is 0.319 e. The predicted molar refractivity (Wildman–Crippen MR) is 132 cm³/mol. The Morgan fingerprint density at radius 2 is 1.73 bits per heavy atom. The van der Waals surface area contributed by atoms with Crippen LogP contribution in [0.3, 0.4) is 0 Å². The predicted octanol–water partition coefficient (Wildman–Crippen LogP) is 4.57. The molecule has 0 aromatic heterocycles. The summed E-state index contributed by atoms with van der Waals surface area (Å²) in [7, 11) is 1.67. The van der Waals surface area contributed by atoms with Crippen molar-refractivity contribution in [1.29, 1.82) is 0 Å². The van der Waals surface area contributed by atoms with Crippen molar-refractivity contribution in [1.82, 2.24) is 15.5 Å². The minimum absolute atomic E-state index is 0.0439. The molecular formula is C26H36N4O3. The fraction of sp³-hybridized carbons (Fsp3) is 0.462. The summed E-state index contributed by atoms with van der Waals surface area (Å²) >= 11 is 0. The Balaban J connectivity index is 1.60. The lowest BCUT2D eigenvalue weighted by Crippen LogP contribution is -2.42. The van der Waals surface area contributed by atoms with Crippen molar-refractivity contribution in [2.45, 2.75) is 51.6 Å². The molecule has 0 radical (unpaired) electrons. The van der Waals surface area contributed by atoms with Crippen LogP contribution < -0.4 is 20.7 Å². The zero-order chi connectivity index (χ0) is 23.8. The van der Waals surface area contributed by atoms with E-state index in [1.54, 1.807) is 31.4 Å². The van der Waals surface area contributed by atoms with E-state index in [0.717, 1.165) is 43.7 Å². The van der Waals surface area contributed by atoms with E-state index in [9.17, 15) is 9.59 Å². The highest BCUT2D eigenvalue weighted by atomic mass is 16.5. The van der Waals surface area contributed by atoms with Gasteiger partial charge < -0.3 is 20.7 Å². The first-order valence-electron chi connectivity index (χ1n) is 11.7. The molecule has 3 amide bonds. The highest BCUT2D eigenvalue weighted by molar-refractivity contribution is 5.96. The minimum Gasteiger partial charge on any atom is -0.496 e. The minimum atomic E-state index is -0.279. The van der Waals surface area contributed by atoms with Gasteiger partial charge in [-0.05, 0) is 76.5 Å². The fourth-order valence-electron chi connectivity index (χ4n) is 3.97. The van der Waals surface area contributed by atoms with Gasteiger partial charge in [-0.15, -0.1) is 0 Å². The third kappa shape index (κ3) is 6.71. The first-order chi connectivity index (χ1) is 15.8. The van der Waals surface area contributed by atoms with Crippen molar-refractivity contribution in [2.75, 3.05) is 32.1 Å². The Hall–Kier alpha value is -3.06. The van der Waals surface area contributed by atoms with E-state index >= 15 is 0 Å². The maximum absolute atomic E-state index is 12.6. The van der Waals surface area contributed by atoms with Crippen molar-refractivity contribution in [3.63, 3.8) is 0 Å². The summed E-state index contributed by atoms with van der Waals surface area (Å²) in [6.45, 7) is 8.50. The van der Waals surface area contributed by atoms with Gasteiger partial charge in [-0.3, -0.25) is 9.69 Å². The molecule has 1 heterocycles. The summed E-state index contributed by atoms with van der Waals surface area (Å²) in [5.74, 6) is 0.708. The number of ether oxygens (including phenoxy) is 1. The zero-order valence-corrected chi connectivity index (χ0v) is 20.1. The summed E-state index contributed by atoms with van der Waals surface area (Å²) in [4.78, 5) is 27.4. The van der Waals surface area contributed by atoms with Crippen LogP contribution >= 0.6 is 0 Å². The van der Waals surface area contributed by atoms with Crippen LogP contribution in [0.1, 0.15) is 62.0 Å². The molecule has 7 heteroatoms. The third-order valence-electron chi connectivity index (χ3n) is 6.28. The number of amides is 3. The normalized spacial score (nSPS) is 15.0. The first kappa shape index (κ1) is 24.6. The van der Waals surface area contributed by atoms with E-state index in [2.05, 4.69) is 26.9 Å². The number of hydrogen-bond donors (Lipinski definition) is 3. The molecule has 3 rings (SSSR count). The molecule has 0 spiro atoms. The molecule has 3 N–H and O–H groups in total. The van der Waals surface area contributed by atoms with E-state index in [-0.39, 0.29) is 23.5 Å². The Kier molecular flexibility index (Phi) is 8.33. The van der Waals surface area contributed by atoms with Crippen molar-refractivity contribution in [2.24, 2.45) is 0 Å². The molecule has 178 valence electrons. The highest BCUT2D eigenvalue weighted by Gasteiger charge is 2.26. The lowest BCUT2D eigenvalue weighted by molar-refractivity contribution is 0.0911. The maximum Gasteiger partial charge on any atom is 0.319 e. The number of carbonyl (C=O) groups is 2. The second kappa shape index (κ2) is 11.2. The Morgan fingerprint density at radius 3 is 2.36 bits per heavy atom. The molecule has 1 aliphatic rings. The average molecular weight is 453 g/mol. The lowest BCUT2D eigenvalue weighted by atomic mass is 10.0. The van der Waals surface area contributed by atoms with Crippen LogP contribution in [0.5, 0.6) is 5.75 Å². The number of rotatable bonds is 9. The fourth-order valence-corrected chi connectivity index (χ4v) is 3.97. The van der Waals surface area contributed by atoms with Gasteiger partial charge in [-0.25, -0.2) is 4.79 Å². The van der Waals surface area contributed by atoms with Crippen molar-refractivity contribution in [3.8, 4) is 5.75 Å². The van der Waals surface area contributed by atoms with Gasteiger partial charge in [0.2, 0.25) is 0 Å². The Morgan fingerprint density at radius 1 is 1.06 bits per heavy atom. The number of likely N-dealkylation sites (tertiary alicyclic amines) is 1. The molecule has 1 atom stereocenters. The standard InChI is InChI=1S/C26H36N4O3/c1-5-26(2,3)29-24(31)19-12-14-20(15-13-19)28-25(32)27-18-22(30-16-8-9-17-30)21-10-6-7-11-23(21)33-4/h6-7,10-15,22H,5,8-9,16-18H2,1-4H3,(H,29,31)(H2,27,28,32). The lowest BCUT2D eigenvalue weighted by Gasteiger charge is -2.29. The second-order valence-electron chi connectivity index (χ2n) is 9.10. The van der Waals surface area contributed by atoms with Crippen LogP contribution in [0.15, 0.2) is 48.5 Å². The quantitative estimate of drug-likeness (QED) is 0.520. The number of nitrogens with one attached hydrogen (secondary N) is 3. The number of hydrogen-bond acceptors (Lipinski definition) is 4. The number of nitrogens with zero attached hydrogens (tertiary/aromatic N) is 1. The van der Waals surface area contributed by atoms with Crippen LogP contribution in [0.25, 0.3) is 0 Å². The van der Waals surface area contributed by atoms with E-state index < -0.39 is 0 Å². The molecule has 1 unspecified atom stereocenters. The summed E-state index contributed by atoms with van der Waals surface area (Å²) < 4.78 is 5.57. The van der Waals surface area contributed by atoms with Gasteiger partial charge >= 0.3 is 6.03 Å². The van der Waals surface area contributed by atoms with Crippen LogP contribution in [0.4, 0.5) is 10.5 Å². The van der Waals surface area contributed by atoms with Crippen LogP contribution in [-0.4, -0.2) is 49.1 Å². The molecule has 7 nitrogen and oxygen atoms in total. The molecule has 1 saturated heterocycles. The van der Waals surface area contributed by atoms with Crippen LogP contribution in [-0.2, 0) is 0 Å². The molecule has 1 fully saturated rings. The molecule has 0 saturated carbocycles. The number of urea groups is 1. The summed E-state index contributed by atoms with van der Waals surface area (Å²) in [6, 6.07) is 14.7. The van der Waals surface area contributed by atoms with E-state index in [4.69, 9.17) is 4.74 Å². The Labute approximate surface area is 196 Å². The topological polar surface area (TPSA) is 82.7 Å². The van der Waals surface area contributed by atoms with Crippen molar-refractivity contribution in [3.05, 3.63) is 59.7 Å². The van der Waals surface area contributed by atoms with E-state index in [1.165, 1.54) is 0 Å². The maximum atomic E-state index is 12.6. The third-order valence-corrected chi connectivity index (χ3v) is 6.28. The monoisotopic (exact) mass is 452 g/mol. The van der Waals surface area contributed by atoms with Crippen LogP contribution in [0.2, 0.25) is 0 Å². The molecular weight excluding hydrogens is 416 g/mol. The molecule has 2 aromatic carbocycles. The molecule has 0 bridgehead atoms. The zero-order valence-electron chi connectivity index (χ0n) is 20.1. The van der Waals surface area contributed by atoms with Crippen molar-refractivity contribution >= 4 is 17.6 Å². The van der Waals surface area contributed by atoms with Gasteiger partial charge in [-0.2, -0.15) is 0 Å². The van der Waals surface area contributed by atoms with E-state index in [0.29, 0.717) is 17.8 Å². The number of para-hydroxylation sites is 1. The number of benzene rings is 2. The number of carbonyl (C=O) groups excluding carboxylic acids is 2. The van der Waals surface area contributed by atoms with Gasteiger partial charge in [0, 0.05) is 28.9 Å². The van der Waals surface area contributed by atoms with Gasteiger partial charge in [0.15, 0.2) is 0 Å². The first-order valence-corrected chi connectivity index (χ1v) is 11.7. The van der Waals surface area contributed by atoms with E-state index in [1.807, 2.05) is 39.0 Å². The molecule has 1 aliphatic heterocycles. The molecule has 2 aromatic rings. The number of anilines is 1.